The van der Waals surface area contributed by atoms with Gasteiger partial charge in [-0.3, -0.25) is 19.3 Å². The quantitative estimate of drug-likeness (QED) is 0.423. The van der Waals surface area contributed by atoms with E-state index in [4.69, 9.17) is 4.74 Å². The lowest BCUT2D eigenvalue weighted by Crippen LogP contribution is -2.46. The van der Waals surface area contributed by atoms with Gasteiger partial charge in [0.05, 0.1) is 16.7 Å². The van der Waals surface area contributed by atoms with Crippen LogP contribution in [0.3, 0.4) is 0 Å². The molecule has 4 rings (SSSR count). The van der Waals surface area contributed by atoms with Crippen molar-refractivity contribution in [2.45, 2.75) is 32.1 Å². The molecule has 2 aliphatic heterocycles. The zero-order valence-corrected chi connectivity index (χ0v) is 17.0. The van der Waals surface area contributed by atoms with Crippen molar-refractivity contribution in [2.24, 2.45) is 11.8 Å². The van der Waals surface area contributed by atoms with Crippen LogP contribution < -0.4 is 0 Å². The first kappa shape index (κ1) is 20.3. The molecule has 7 heteroatoms. The van der Waals surface area contributed by atoms with Gasteiger partial charge in [0.1, 0.15) is 0 Å². The molecular formula is C23H26N2O5. The van der Waals surface area contributed by atoms with Crippen molar-refractivity contribution in [1.29, 1.82) is 0 Å². The van der Waals surface area contributed by atoms with E-state index in [0.29, 0.717) is 12.5 Å². The highest BCUT2D eigenvalue weighted by Crippen LogP contribution is 2.36. The lowest BCUT2D eigenvalue weighted by Gasteiger charge is -2.41. The highest BCUT2D eigenvalue weighted by molar-refractivity contribution is 6.22. The third kappa shape index (κ3) is 3.76. The maximum atomic E-state index is 12.5. The summed E-state index contributed by atoms with van der Waals surface area (Å²) in [7, 11) is 0. The van der Waals surface area contributed by atoms with Crippen LogP contribution in [-0.2, 0) is 9.53 Å². The molecule has 1 aromatic carbocycles. The molecule has 0 spiro atoms. The summed E-state index contributed by atoms with van der Waals surface area (Å²) in [5.74, 6) is -0.450. The van der Waals surface area contributed by atoms with E-state index in [0.717, 1.165) is 23.8 Å². The van der Waals surface area contributed by atoms with E-state index >= 15 is 0 Å². The molecule has 2 fully saturated rings. The highest BCUT2D eigenvalue weighted by atomic mass is 16.5. The standard InChI is InChI=1S/C23H26N2O5/c1-2-10-25-21(27)18-8-7-16(12-19(18)22(25)28)23(29)30-14-20(26)24-11-9-15-5-3-4-6-17(15)13-24/h2,7-8,12,15,17H,1,3-6,9-11,13-14H2/t15-,17+/m1/s1. The molecule has 158 valence electrons. The number of imide groups is 1. The largest absolute Gasteiger partial charge is 0.452 e. The Hall–Kier alpha value is -2.96. The van der Waals surface area contributed by atoms with E-state index in [9.17, 15) is 19.2 Å². The van der Waals surface area contributed by atoms with E-state index in [1.54, 1.807) is 4.90 Å². The lowest BCUT2D eigenvalue weighted by molar-refractivity contribution is -0.137. The number of carbonyl (C=O) groups excluding carboxylic acids is 4. The molecule has 7 nitrogen and oxygen atoms in total. The van der Waals surface area contributed by atoms with Gasteiger partial charge in [-0.1, -0.05) is 25.3 Å². The summed E-state index contributed by atoms with van der Waals surface area (Å²) in [6, 6.07) is 4.26. The van der Waals surface area contributed by atoms with Crippen LogP contribution in [0.5, 0.6) is 0 Å². The molecule has 0 N–H and O–H groups in total. The average Bonchev–Trinajstić information content (AvgIpc) is 3.01. The second kappa shape index (κ2) is 8.42. The first-order valence-corrected chi connectivity index (χ1v) is 10.6. The fourth-order valence-corrected chi connectivity index (χ4v) is 4.84. The van der Waals surface area contributed by atoms with E-state index in [1.807, 2.05) is 0 Å². The molecule has 2 atom stereocenters. The maximum Gasteiger partial charge on any atom is 0.338 e. The number of esters is 1. The Morgan fingerprint density at radius 3 is 2.57 bits per heavy atom. The zero-order chi connectivity index (χ0) is 21.3. The van der Waals surface area contributed by atoms with Gasteiger partial charge in [-0.05, 0) is 42.9 Å². The van der Waals surface area contributed by atoms with Gasteiger partial charge in [-0.15, -0.1) is 6.58 Å². The van der Waals surface area contributed by atoms with Crippen LogP contribution in [-0.4, -0.2) is 59.7 Å². The predicted octanol–water partition coefficient (Wildman–Crippen LogP) is 2.66. The summed E-state index contributed by atoms with van der Waals surface area (Å²) < 4.78 is 5.22. The normalized spacial score (nSPS) is 23.1. The van der Waals surface area contributed by atoms with E-state index in [-0.39, 0.29) is 35.7 Å². The lowest BCUT2D eigenvalue weighted by atomic mass is 9.75. The average molecular weight is 410 g/mol. The van der Waals surface area contributed by atoms with Crippen molar-refractivity contribution in [2.75, 3.05) is 26.2 Å². The van der Waals surface area contributed by atoms with E-state index < -0.39 is 17.8 Å². The molecule has 2 heterocycles. The molecule has 1 saturated heterocycles. The minimum Gasteiger partial charge on any atom is -0.452 e. The van der Waals surface area contributed by atoms with Gasteiger partial charge < -0.3 is 9.64 Å². The van der Waals surface area contributed by atoms with Crippen LogP contribution in [0.25, 0.3) is 0 Å². The van der Waals surface area contributed by atoms with Crippen LogP contribution in [0.15, 0.2) is 30.9 Å². The first-order chi connectivity index (χ1) is 14.5. The van der Waals surface area contributed by atoms with Crippen LogP contribution in [0.2, 0.25) is 0 Å². The van der Waals surface area contributed by atoms with Gasteiger partial charge in [0.25, 0.3) is 17.7 Å². The molecule has 3 aliphatic rings. The summed E-state index contributed by atoms with van der Waals surface area (Å²) in [6.45, 7) is 4.80. The monoisotopic (exact) mass is 410 g/mol. The molecular weight excluding hydrogens is 384 g/mol. The number of hydrogen-bond donors (Lipinski definition) is 0. The van der Waals surface area contributed by atoms with Crippen molar-refractivity contribution in [3.63, 3.8) is 0 Å². The minimum absolute atomic E-state index is 0.109. The summed E-state index contributed by atoms with van der Waals surface area (Å²) >= 11 is 0. The Kier molecular flexibility index (Phi) is 5.70. The number of amides is 3. The second-order valence-electron chi connectivity index (χ2n) is 8.28. The van der Waals surface area contributed by atoms with Crippen LogP contribution >= 0.6 is 0 Å². The van der Waals surface area contributed by atoms with Gasteiger partial charge in [0, 0.05) is 19.6 Å². The van der Waals surface area contributed by atoms with Crippen LogP contribution in [0.1, 0.15) is 63.2 Å². The van der Waals surface area contributed by atoms with E-state index in [1.165, 1.54) is 50.0 Å². The zero-order valence-electron chi connectivity index (χ0n) is 17.0. The predicted molar refractivity (Wildman–Crippen MR) is 109 cm³/mol. The summed E-state index contributed by atoms with van der Waals surface area (Å²) in [5.41, 5.74) is 0.570. The number of rotatable bonds is 5. The van der Waals surface area contributed by atoms with Gasteiger partial charge in [0.2, 0.25) is 0 Å². The number of likely N-dealkylation sites (tertiary alicyclic amines) is 1. The Morgan fingerprint density at radius 1 is 1.07 bits per heavy atom. The smallest absolute Gasteiger partial charge is 0.338 e. The first-order valence-electron chi connectivity index (χ1n) is 10.6. The molecule has 1 saturated carbocycles. The number of nitrogens with zero attached hydrogens (tertiary/aromatic N) is 2. The SMILES string of the molecule is C=CCN1C(=O)c2ccc(C(=O)OCC(=O)N3CC[C@H]4CCCC[C@H]4C3)cc2C1=O. The Balaban J connectivity index is 1.36. The Bertz CT molecular complexity index is 909. The van der Waals surface area contributed by atoms with Crippen molar-refractivity contribution in [1.82, 2.24) is 9.80 Å². The van der Waals surface area contributed by atoms with Gasteiger partial charge >= 0.3 is 5.97 Å². The van der Waals surface area contributed by atoms with Crippen LogP contribution in [0, 0.1) is 11.8 Å². The van der Waals surface area contributed by atoms with Crippen molar-refractivity contribution in [3.8, 4) is 0 Å². The number of carbonyl (C=O) groups is 4. The molecule has 0 bridgehead atoms. The number of hydrogen-bond acceptors (Lipinski definition) is 5. The second-order valence-corrected chi connectivity index (χ2v) is 8.28. The van der Waals surface area contributed by atoms with Gasteiger partial charge in [-0.2, -0.15) is 0 Å². The highest BCUT2D eigenvalue weighted by Gasteiger charge is 2.36. The summed E-state index contributed by atoms with van der Waals surface area (Å²) in [4.78, 5) is 52.5. The molecule has 3 amide bonds. The fourth-order valence-electron chi connectivity index (χ4n) is 4.84. The maximum absolute atomic E-state index is 12.5. The Morgan fingerprint density at radius 2 is 1.80 bits per heavy atom. The third-order valence-corrected chi connectivity index (χ3v) is 6.49. The van der Waals surface area contributed by atoms with E-state index in [2.05, 4.69) is 6.58 Å². The summed E-state index contributed by atoms with van der Waals surface area (Å²) in [6.07, 6.45) is 7.42. The fraction of sp³-hybridized carbons (Fsp3) is 0.478. The number of ether oxygens (including phenoxy) is 1. The van der Waals surface area contributed by atoms with Crippen molar-refractivity contribution >= 4 is 23.7 Å². The molecule has 1 aliphatic carbocycles. The van der Waals surface area contributed by atoms with Crippen molar-refractivity contribution in [3.05, 3.63) is 47.5 Å². The number of piperidine rings is 1. The van der Waals surface area contributed by atoms with Crippen molar-refractivity contribution < 1.29 is 23.9 Å². The molecule has 0 aromatic heterocycles. The molecule has 0 unspecified atom stereocenters. The number of benzene rings is 1. The van der Waals surface area contributed by atoms with Crippen LogP contribution in [0.4, 0.5) is 0 Å². The topological polar surface area (TPSA) is 84.0 Å². The molecule has 30 heavy (non-hydrogen) atoms. The van der Waals surface area contributed by atoms with Gasteiger partial charge in [-0.25, -0.2) is 4.79 Å². The van der Waals surface area contributed by atoms with Gasteiger partial charge in [0.15, 0.2) is 6.61 Å². The molecule has 1 aromatic rings. The third-order valence-electron chi connectivity index (χ3n) is 6.49. The minimum atomic E-state index is -0.680. The molecule has 0 radical (unpaired) electrons. The summed E-state index contributed by atoms with van der Waals surface area (Å²) in [5, 5.41) is 0. The Labute approximate surface area is 175 Å². The number of fused-ring (bicyclic) bond motifs is 2.